The summed E-state index contributed by atoms with van der Waals surface area (Å²) in [6.45, 7) is 11.7. The van der Waals surface area contributed by atoms with Crippen molar-refractivity contribution in [3.63, 3.8) is 0 Å². The zero-order valence-electron chi connectivity index (χ0n) is 18.1. The molecule has 1 atom stereocenters. The minimum atomic E-state index is -0.831. The standard InChI is InChI=1S/C24H29O4P/c1-14-10-16(3)22(17(4)11-14)20(25)8-7-9-21(28-29-27)24(26)23-18(5)12-15(2)13-19(23)6/h10-13,21H,7-9H2,1-6H3. The van der Waals surface area contributed by atoms with Gasteiger partial charge in [-0.05, 0) is 76.6 Å². The van der Waals surface area contributed by atoms with Crippen LogP contribution < -0.4 is 0 Å². The number of benzene rings is 2. The van der Waals surface area contributed by atoms with Gasteiger partial charge in [-0.25, -0.2) is 4.57 Å². The highest BCUT2D eigenvalue weighted by Crippen LogP contribution is 2.24. The molecule has 0 bridgehead atoms. The fourth-order valence-corrected chi connectivity index (χ4v) is 4.51. The van der Waals surface area contributed by atoms with Gasteiger partial charge in [-0.15, -0.1) is 0 Å². The molecule has 154 valence electrons. The number of carbonyl (C=O) groups is 2. The predicted molar refractivity (Wildman–Crippen MR) is 116 cm³/mol. The molecule has 0 N–H and O–H groups in total. The number of Topliss-reactive ketones (excluding diaryl/α,β-unsaturated/α-hetero) is 2. The Hall–Kier alpha value is -2.16. The van der Waals surface area contributed by atoms with Gasteiger partial charge in [0.1, 0.15) is 6.10 Å². The van der Waals surface area contributed by atoms with Gasteiger partial charge >= 0.3 is 8.69 Å². The lowest BCUT2D eigenvalue weighted by atomic mass is 9.91. The van der Waals surface area contributed by atoms with E-state index < -0.39 is 14.8 Å². The number of carbonyl (C=O) groups excluding carboxylic acids is 2. The first-order valence-electron chi connectivity index (χ1n) is 9.87. The van der Waals surface area contributed by atoms with Crippen LogP contribution in [0.15, 0.2) is 24.3 Å². The molecule has 0 aliphatic heterocycles. The maximum absolute atomic E-state index is 13.0. The second-order valence-electron chi connectivity index (χ2n) is 7.90. The van der Waals surface area contributed by atoms with Crippen LogP contribution in [0.3, 0.4) is 0 Å². The molecule has 0 spiro atoms. The van der Waals surface area contributed by atoms with Gasteiger partial charge in [0.2, 0.25) is 0 Å². The van der Waals surface area contributed by atoms with Crippen LogP contribution in [0.5, 0.6) is 0 Å². The van der Waals surface area contributed by atoms with Gasteiger partial charge in [0.05, 0.1) is 0 Å². The molecule has 0 heterocycles. The average Bonchev–Trinajstić information content (AvgIpc) is 2.59. The molecule has 5 heteroatoms. The minimum absolute atomic E-state index is 0.0635. The van der Waals surface area contributed by atoms with Crippen molar-refractivity contribution in [2.24, 2.45) is 0 Å². The predicted octanol–water partition coefficient (Wildman–Crippen LogP) is 6.36. The van der Waals surface area contributed by atoms with Crippen LogP contribution in [0.2, 0.25) is 0 Å². The fraction of sp³-hybridized carbons (Fsp3) is 0.417. The highest BCUT2D eigenvalue weighted by atomic mass is 31.1. The van der Waals surface area contributed by atoms with Crippen LogP contribution in [0.1, 0.15) is 73.4 Å². The maximum Gasteiger partial charge on any atom is 0.328 e. The number of hydrogen-bond acceptors (Lipinski definition) is 4. The second-order valence-corrected chi connectivity index (χ2v) is 8.26. The van der Waals surface area contributed by atoms with Crippen molar-refractivity contribution in [1.29, 1.82) is 0 Å². The van der Waals surface area contributed by atoms with Crippen molar-refractivity contribution < 1.29 is 18.7 Å². The molecule has 4 nitrogen and oxygen atoms in total. The molecule has 0 aliphatic carbocycles. The van der Waals surface area contributed by atoms with E-state index in [1.54, 1.807) is 0 Å². The summed E-state index contributed by atoms with van der Waals surface area (Å²) in [5.74, 6) is -0.118. The van der Waals surface area contributed by atoms with E-state index in [4.69, 9.17) is 4.52 Å². The molecule has 0 fully saturated rings. The summed E-state index contributed by atoms with van der Waals surface area (Å²) in [7, 11) is -0.531. The molecule has 29 heavy (non-hydrogen) atoms. The summed E-state index contributed by atoms with van der Waals surface area (Å²) in [6, 6.07) is 7.93. The normalized spacial score (nSPS) is 12.2. The van der Waals surface area contributed by atoms with E-state index in [0.29, 0.717) is 24.8 Å². The molecule has 0 aromatic heterocycles. The lowest BCUT2D eigenvalue weighted by Gasteiger charge is -2.17. The first-order chi connectivity index (χ1) is 13.6. The van der Waals surface area contributed by atoms with E-state index in [2.05, 4.69) is 0 Å². The van der Waals surface area contributed by atoms with E-state index >= 15 is 0 Å². The van der Waals surface area contributed by atoms with E-state index in [1.165, 1.54) is 0 Å². The van der Waals surface area contributed by atoms with Gasteiger partial charge in [-0.2, -0.15) is 0 Å². The highest BCUT2D eigenvalue weighted by molar-refractivity contribution is 7.17. The summed E-state index contributed by atoms with van der Waals surface area (Å²) >= 11 is 0. The van der Waals surface area contributed by atoms with Gasteiger partial charge in [0.25, 0.3) is 0 Å². The highest BCUT2D eigenvalue weighted by Gasteiger charge is 2.25. The van der Waals surface area contributed by atoms with E-state index in [9.17, 15) is 14.2 Å². The Labute approximate surface area is 175 Å². The quantitative estimate of drug-likeness (QED) is 0.355. The minimum Gasteiger partial charge on any atom is -0.294 e. The van der Waals surface area contributed by atoms with Gasteiger partial charge in [0, 0.05) is 17.5 Å². The zero-order valence-corrected chi connectivity index (χ0v) is 19.0. The number of ketones is 2. The fourth-order valence-electron chi connectivity index (χ4n) is 4.21. The Morgan fingerprint density at radius 2 is 1.28 bits per heavy atom. The van der Waals surface area contributed by atoms with Crippen molar-refractivity contribution in [2.75, 3.05) is 0 Å². The van der Waals surface area contributed by atoms with Gasteiger partial charge in [-0.3, -0.25) is 14.1 Å². The van der Waals surface area contributed by atoms with E-state index in [-0.39, 0.29) is 11.6 Å². The zero-order chi connectivity index (χ0) is 21.7. The molecular weight excluding hydrogens is 383 g/mol. The third kappa shape index (κ3) is 5.68. The topological polar surface area (TPSA) is 60.4 Å². The van der Waals surface area contributed by atoms with Crippen LogP contribution in [-0.2, 0) is 9.09 Å². The van der Waals surface area contributed by atoms with Crippen LogP contribution >= 0.6 is 8.69 Å². The first kappa shape index (κ1) is 23.1. The van der Waals surface area contributed by atoms with Crippen LogP contribution in [-0.4, -0.2) is 17.7 Å². The smallest absolute Gasteiger partial charge is 0.294 e. The van der Waals surface area contributed by atoms with E-state index in [1.807, 2.05) is 65.8 Å². The lowest BCUT2D eigenvalue weighted by molar-refractivity contribution is 0.0787. The van der Waals surface area contributed by atoms with Gasteiger partial charge < -0.3 is 0 Å². The summed E-state index contributed by atoms with van der Waals surface area (Å²) in [5.41, 5.74) is 7.30. The average molecular weight is 412 g/mol. The number of aryl methyl sites for hydroxylation is 6. The number of hydrogen-bond donors (Lipinski definition) is 0. The molecular formula is C24H29O4P. The van der Waals surface area contributed by atoms with Gasteiger partial charge in [-0.1, -0.05) is 35.4 Å². The molecule has 0 saturated carbocycles. The van der Waals surface area contributed by atoms with Crippen LogP contribution in [0, 0.1) is 41.5 Å². The van der Waals surface area contributed by atoms with Crippen molar-refractivity contribution in [3.05, 3.63) is 68.8 Å². The molecule has 2 rings (SSSR count). The van der Waals surface area contributed by atoms with Crippen molar-refractivity contribution in [2.45, 2.75) is 66.9 Å². The monoisotopic (exact) mass is 412 g/mol. The summed E-state index contributed by atoms with van der Waals surface area (Å²) in [4.78, 5) is 25.8. The van der Waals surface area contributed by atoms with Crippen LogP contribution in [0.25, 0.3) is 0 Å². The van der Waals surface area contributed by atoms with Gasteiger partial charge in [0.15, 0.2) is 11.6 Å². The van der Waals surface area contributed by atoms with E-state index in [0.717, 1.165) is 38.9 Å². The van der Waals surface area contributed by atoms with Crippen molar-refractivity contribution in [3.8, 4) is 0 Å². The third-order valence-electron chi connectivity index (χ3n) is 5.21. The SMILES string of the molecule is Cc1cc(C)c(C(=O)CCCC(OP=O)C(=O)c2c(C)cc(C)cc2C)c(C)c1. The molecule has 0 radical (unpaired) electrons. The van der Waals surface area contributed by atoms with Crippen LogP contribution in [0.4, 0.5) is 0 Å². The summed E-state index contributed by atoms with van der Waals surface area (Å²) < 4.78 is 16.3. The maximum atomic E-state index is 13.0. The molecule has 0 saturated heterocycles. The van der Waals surface area contributed by atoms with Crippen molar-refractivity contribution >= 4 is 20.3 Å². The first-order valence-corrected chi connectivity index (χ1v) is 10.6. The molecule has 1 unspecified atom stereocenters. The lowest BCUT2D eigenvalue weighted by Crippen LogP contribution is -2.23. The molecule has 0 aliphatic rings. The second kappa shape index (κ2) is 10.0. The summed E-state index contributed by atoms with van der Waals surface area (Å²) in [6.07, 6.45) is 0.319. The Kier molecular flexibility index (Phi) is 8.01. The molecule has 0 amide bonds. The number of rotatable bonds is 9. The Morgan fingerprint density at radius 1 is 0.828 bits per heavy atom. The largest absolute Gasteiger partial charge is 0.328 e. The Morgan fingerprint density at radius 3 is 1.72 bits per heavy atom. The molecule has 2 aromatic carbocycles. The van der Waals surface area contributed by atoms with Crippen molar-refractivity contribution in [1.82, 2.24) is 0 Å². The Bertz CT molecular complexity index is 900. The summed E-state index contributed by atoms with van der Waals surface area (Å²) in [5, 5.41) is 0. The molecule has 2 aromatic rings. The Balaban J connectivity index is 2.11. The third-order valence-corrected chi connectivity index (χ3v) is 5.55.